The molecule has 1 fully saturated rings. The van der Waals surface area contributed by atoms with Gasteiger partial charge in [-0.1, -0.05) is 12.1 Å². The molecule has 8 heteroatoms. The van der Waals surface area contributed by atoms with Gasteiger partial charge in [-0.3, -0.25) is 9.78 Å². The molecule has 0 saturated carbocycles. The van der Waals surface area contributed by atoms with Gasteiger partial charge in [-0.15, -0.1) is 0 Å². The molecule has 1 amide bonds. The van der Waals surface area contributed by atoms with E-state index in [0.29, 0.717) is 34.1 Å². The van der Waals surface area contributed by atoms with Crippen molar-refractivity contribution in [2.45, 2.75) is 25.2 Å². The van der Waals surface area contributed by atoms with Crippen LogP contribution in [0.25, 0.3) is 22.2 Å². The highest BCUT2D eigenvalue weighted by Gasteiger charge is 2.19. The van der Waals surface area contributed by atoms with Gasteiger partial charge in [-0.05, 0) is 74.8 Å². The lowest BCUT2D eigenvalue weighted by Crippen LogP contribution is -2.29. The van der Waals surface area contributed by atoms with Crippen LogP contribution in [0.5, 0.6) is 0 Å². The van der Waals surface area contributed by atoms with Gasteiger partial charge < -0.3 is 10.2 Å². The maximum atomic E-state index is 13.1. The molecule has 1 N–H and O–H groups in total. The number of halogens is 2. The highest BCUT2D eigenvalue weighted by atomic mass is 19.3. The first-order valence-corrected chi connectivity index (χ1v) is 11.6. The second kappa shape index (κ2) is 9.84. The van der Waals surface area contributed by atoms with E-state index in [0.717, 1.165) is 37.5 Å². The van der Waals surface area contributed by atoms with Crippen LogP contribution >= 0.6 is 0 Å². The Bertz CT molecular complexity index is 1370. The number of pyridine rings is 3. The molecule has 4 aromatic rings. The van der Waals surface area contributed by atoms with E-state index in [4.69, 9.17) is 0 Å². The quantitative estimate of drug-likeness (QED) is 0.403. The molecular formula is C27H25F2N5O. The Morgan fingerprint density at radius 3 is 2.69 bits per heavy atom. The predicted octanol–water partition coefficient (Wildman–Crippen LogP) is 5.69. The first kappa shape index (κ1) is 23.0. The van der Waals surface area contributed by atoms with Crippen LogP contribution in [-0.4, -0.2) is 45.9 Å². The van der Waals surface area contributed by atoms with Crippen molar-refractivity contribution in [2.24, 2.45) is 0 Å². The van der Waals surface area contributed by atoms with E-state index < -0.39 is 6.43 Å². The number of hydrogen-bond donors (Lipinski definition) is 1. The van der Waals surface area contributed by atoms with Crippen molar-refractivity contribution >= 4 is 22.6 Å². The summed E-state index contributed by atoms with van der Waals surface area (Å²) in [4.78, 5) is 28.1. The van der Waals surface area contributed by atoms with Crippen LogP contribution in [0, 0.1) is 0 Å². The van der Waals surface area contributed by atoms with E-state index >= 15 is 0 Å². The van der Waals surface area contributed by atoms with E-state index in [9.17, 15) is 13.6 Å². The standard InChI is InChI=1S/C27H25F2N5O/c1-34-9-7-17(8-10-34)18-3-2-4-19(11-18)27(35)33-25-13-24-20(16-31-25)5-6-23(32-24)21-12-22(26(28)29)15-30-14-21/h2-6,11-17,26H,7-10H2,1H3,(H,31,33,35). The summed E-state index contributed by atoms with van der Waals surface area (Å²) >= 11 is 0. The fourth-order valence-corrected chi connectivity index (χ4v) is 4.43. The molecule has 4 heterocycles. The zero-order chi connectivity index (χ0) is 24.4. The number of benzene rings is 1. The number of nitrogens with one attached hydrogen (secondary N) is 1. The van der Waals surface area contributed by atoms with Crippen molar-refractivity contribution in [3.63, 3.8) is 0 Å². The summed E-state index contributed by atoms with van der Waals surface area (Å²) in [5.41, 5.74) is 3.22. The Kier molecular flexibility index (Phi) is 6.46. The molecule has 1 aliphatic rings. The Balaban J connectivity index is 1.36. The van der Waals surface area contributed by atoms with Gasteiger partial charge in [0.05, 0.1) is 11.2 Å². The molecule has 0 radical (unpaired) electrons. The van der Waals surface area contributed by atoms with E-state index in [-0.39, 0.29) is 11.5 Å². The number of likely N-dealkylation sites (tertiary alicyclic amines) is 1. The van der Waals surface area contributed by atoms with Crippen LogP contribution in [0.15, 0.2) is 67.1 Å². The highest BCUT2D eigenvalue weighted by molar-refractivity contribution is 6.04. The van der Waals surface area contributed by atoms with Gasteiger partial charge in [0.2, 0.25) is 0 Å². The third-order valence-electron chi connectivity index (χ3n) is 6.46. The van der Waals surface area contributed by atoms with E-state index in [1.807, 2.05) is 18.2 Å². The molecule has 0 bridgehead atoms. The number of anilines is 1. The predicted molar refractivity (Wildman–Crippen MR) is 132 cm³/mol. The molecular weight excluding hydrogens is 448 g/mol. The lowest BCUT2D eigenvalue weighted by molar-refractivity contribution is 0.102. The summed E-state index contributed by atoms with van der Waals surface area (Å²) in [6, 6.07) is 14.4. The number of amides is 1. The number of carbonyl (C=O) groups is 1. The van der Waals surface area contributed by atoms with E-state index in [2.05, 4.69) is 38.3 Å². The summed E-state index contributed by atoms with van der Waals surface area (Å²) in [6.07, 6.45) is 3.84. The minimum Gasteiger partial charge on any atom is -0.307 e. The summed E-state index contributed by atoms with van der Waals surface area (Å²) in [7, 11) is 2.13. The summed E-state index contributed by atoms with van der Waals surface area (Å²) in [5, 5.41) is 3.63. The number of rotatable bonds is 5. The van der Waals surface area contributed by atoms with Crippen LogP contribution in [0.2, 0.25) is 0 Å². The summed E-state index contributed by atoms with van der Waals surface area (Å²) < 4.78 is 26.1. The number of piperidine rings is 1. The molecule has 35 heavy (non-hydrogen) atoms. The van der Waals surface area contributed by atoms with Gasteiger partial charge in [0.25, 0.3) is 12.3 Å². The summed E-state index contributed by atoms with van der Waals surface area (Å²) in [6.45, 7) is 2.11. The van der Waals surface area contributed by atoms with Crippen LogP contribution in [0.4, 0.5) is 14.6 Å². The van der Waals surface area contributed by atoms with Crippen molar-refractivity contribution in [1.29, 1.82) is 0 Å². The van der Waals surface area contributed by atoms with Gasteiger partial charge in [-0.2, -0.15) is 0 Å². The lowest BCUT2D eigenvalue weighted by atomic mass is 9.89. The normalized spacial score (nSPS) is 15.0. The van der Waals surface area contributed by atoms with Crippen LogP contribution < -0.4 is 5.32 Å². The first-order chi connectivity index (χ1) is 17.0. The summed E-state index contributed by atoms with van der Waals surface area (Å²) in [5.74, 6) is 0.589. The van der Waals surface area contributed by atoms with Crippen LogP contribution in [0.1, 0.15) is 46.7 Å². The molecule has 3 aromatic heterocycles. The SMILES string of the molecule is CN1CCC(c2cccc(C(=O)Nc3cc4nc(-c5cncc(C(F)F)c5)ccc4cn3)c2)CC1. The molecule has 0 aliphatic carbocycles. The molecule has 0 spiro atoms. The first-order valence-electron chi connectivity index (χ1n) is 11.6. The molecule has 178 valence electrons. The fraction of sp³-hybridized carbons (Fsp3) is 0.259. The number of aromatic nitrogens is 3. The van der Waals surface area contributed by atoms with Gasteiger partial charge in [0.1, 0.15) is 5.82 Å². The molecule has 0 unspecified atom stereocenters. The average molecular weight is 474 g/mol. The molecule has 1 aliphatic heterocycles. The maximum absolute atomic E-state index is 13.1. The van der Waals surface area contributed by atoms with Crippen molar-refractivity contribution < 1.29 is 13.6 Å². The smallest absolute Gasteiger partial charge is 0.265 e. The molecule has 1 saturated heterocycles. The maximum Gasteiger partial charge on any atom is 0.265 e. The third-order valence-corrected chi connectivity index (χ3v) is 6.46. The number of carbonyl (C=O) groups excluding carboxylic acids is 1. The minimum atomic E-state index is -2.60. The Morgan fingerprint density at radius 1 is 1.06 bits per heavy atom. The fourth-order valence-electron chi connectivity index (χ4n) is 4.43. The molecule has 1 aromatic carbocycles. The Labute approximate surface area is 202 Å². The van der Waals surface area contributed by atoms with Gasteiger partial charge in [0, 0.05) is 46.7 Å². The van der Waals surface area contributed by atoms with Crippen molar-refractivity contribution in [1.82, 2.24) is 19.9 Å². The monoisotopic (exact) mass is 473 g/mol. The van der Waals surface area contributed by atoms with Gasteiger partial charge in [-0.25, -0.2) is 18.7 Å². The van der Waals surface area contributed by atoms with Crippen LogP contribution in [-0.2, 0) is 0 Å². The number of hydrogen-bond acceptors (Lipinski definition) is 5. The zero-order valence-electron chi connectivity index (χ0n) is 19.3. The molecule has 6 nitrogen and oxygen atoms in total. The van der Waals surface area contributed by atoms with Crippen molar-refractivity contribution in [2.75, 3.05) is 25.5 Å². The van der Waals surface area contributed by atoms with E-state index in [1.54, 1.807) is 24.4 Å². The van der Waals surface area contributed by atoms with Crippen molar-refractivity contribution in [3.8, 4) is 11.3 Å². The largest absolute Gasteiger partial charge is 0.307 e. The Morgan fingerprint density at radius 2 is 1.89 bits per heavy atom. The number of nitrogens with zero attached hydrogens (tertiary/aromatic N) is 4. The topological polar surface area (TPSA) is 71.0 Å². The van der Waals surface area contributed by atoms with Crippen LogP contribution in [0.3, 0.4) is 0 Å². The molecule has 0 atom stereocenters. The third kappa shape index (κ3) is 5.17. The second-order valence-corrected chi connectivity index (χ2v) is 8.92. The minimum absolute atomic E-state index is 0.158. The zero-order valence-corrected chi connectivity index (χ0v) is 19.3. The van der Waals surface area contributed by atoms with Gasteiger partial charge >= 0.3 is 0 Å². The Hall–Kier alpha value is -3.78. The van der Waals surface area contributed by atoms with E-state index in [1.165, 1.54) is 17.8 Å². The highest BCUT2D eigenvalue weighted by Crippen LogP contribution is 2.29. The molecule has 5 rings (SSSR count). The van der Waals surface area contributed by atoms with Crippen molar-refractivity contribution in [3.05, 3.63) is 83.8 Å². The van der Waals surface area contributed by atoms with Gasteiger partial charge in [0.15, 0.2) is 0 Å². The number of alkyl halides is 2. The lowest BCUT2D eigenvalue weighted by Gasteiger charge is -2.29. The number of fused-ring (bicyclic) bond motifs is 1. The second-order valence-electron chi connectivity index (χ2n) is 8.92. The average Bonchev–Trinajstić information content (AvgIpc) is 2.89.